The quantitative estimate of drug-likeness (QED) is 0.249. The van der Waals surface area contributed by atoms with Crippen molar-refractivity contribution in [2.24, 2.45) is 0 Å². The van der Waals surface area contributed by atoms with Gasteiger partial charge in [0.2, 0.25) is 5.89 Å². The van der Waals surface area contributed by atoms with Gasteiger partial charge in [-0.05, 0) is 54.3 Å². The van der Waals surface area contributed by atoms with Crippen LogP contribution in [-0.2, 0) is 6.18 Å². The minimum Gasteiger partial charge on any atom is -0.438 e. The van der Waals surface area contributed by atoms with E-state index in [1.807, 2.05) is 0 Å². The van der Waals surface area contributed by atoms with Gasteiger partial charge in [-0.25, -0.2) is 4.98 Å². The van der Waals surface area contributed by atoms with E-state index in [0.717, 1.165) is 18.6 Å². The maximum absolute atomic E-state index is 13.1. The van der Waals surface area contributed by atoms with Gasteiger partial charge in [-0.1, -0.05) is 24.3 Å². The van der Waals surface area contributed by atoms with Gasteiger partial charge in [0.25, 0.3) is 11.6 Å². The number of nitro groups is 1. The number of non-ortho nitro benzene ring substituents is 1. The molecule has 4 aromatic rings. The van der Waals surface area contributed by atoms with Crippen molar-refractivity contribution in [3.63, 3.8) is 0 Å². The molecule has 5 rings (SSSR count). The number of carbonyl (C=O) groups excluding carboxylic acids is 1. The van der Waals surface area contributed by atoms with Crippen molar-refractivity contribution in [1.29, 1.82) is 0 Å². The van der Waals surface area contributed by atoms with E-state index in [1.54, 1.807) is 23.1 Å². The molecule has 2 heterocycles. The fraction of sp³-hybridized carbons (Fsp3) is 0.200. The van der Waals surface area contributed by atoms with Crippen molar-refractivity contribution < 1.29 is 27.3 Å². The van der Waals surface area contributed by atoms with Gasteiger partial charge in [0.1, 0.15) is 11.6 Å². The fourth-order valence-corrected chi connectivity index (χ4v) is 4.30. The number of nitro benzene ring substituents is 1. The lowest BCUT2D eigenvalue weighted by Crippen LogP contribution is -2.30. The lowest BCUT2D eigenvalue weighted by atomic mass is 10.0. The maximum Gasteiger partial charge on any atom is 0.416 e. The van der Waals surface area contributed by atoms with Crippen LogP contribution in [0, 0.1) is 10.1 Å². The van der Waals surface area contributed by atoms with E-state index in [1.165, 1.54) is 36.4 Å². The molecule has 178 valence electrons. The lowest BCUT2D eigenvalue weighted by Gasteiger charge is -2.22. The number of amides is 1. The number of rotatable bonds is 4. The summed E-state index contributed by atoms with van der Waals surface area (Å²) < 4.78 is 44.5. The SMILES string of the molecule is O=C(c1cccc([N+](=O)[O-])c1)N1CCCC1c1nc2cc(-c3ccc(C(F)(F)F)cc3)ccc2o1. The average Bonchev–Trinajstić information content (AvgIpc) is 3.49. The van der Waals surface area contributed by atoms with E-state index in [-0.39, 0.29) is 17.2 Å². The summed E-state index contributed by atoms with van der Waals surface area (Å²) in [5.41, 5.74) is 1.63. The number of fused-ring (bicyclic) bond motifs is 1. The van der Waals surface area contributed by atoms with Gasteiger partial charge >= 0.3 is 6.18 Å². The number of nitrogens with zero attached hydrogens (tertiary/aromatic N) is 3. The largest absolute Gasteiger partial charge is 0.438 e. The van der Waals surface area contributed by atoms with Crippen LogP contribution in [0.25, 0.3) is 22.2 Å². The summed E-state index contributed by atoms with van der Waals surface area (Å²) >= 11 is 0. The maximum atomic E-state index is 13.1. The molecule has 7 nitrogen and oxygen atoms in total. The number of benzene rings is 3. The van der Waals surface area contributed by atoms with Crippen molar-refractivity contribution in [2.45, 2.75) is 25.1 Å². The lowest BCUT2D eigenvalue weighted by molar-refractivity contribution is -0.384. The van der Waals surface area contributed by atoms with Crippen LogP contribution in [-0.4, -0.2) is 27.3 Å². The Morgan fingerprint density at radius 3 is 2.51 bits per heavy atom. The molecule has 1 aromatic heterocycles. The highest BCUT2D eigenvalue weighted by Crippen LogP contribution is 2.36. The topological polar surface area (TPSA) is 89.5 Å². The smallest absolute Gasteiger partial charge is 0.416 e. The minimum absolute atomic E-state index is 0.163. The van der Waals surface area contributed by atoms with E-state index in [2.05, 4.69) is 4.98 Å². The first-order valence-electron chi connectivity index (χ1n) is 10.8. The Bertz CT molecular complexity index is 1430. The van der Waals surface area contributed by atoms with Crippen molar-refractivity contribution in [2.75, 3.05) is 6.54 Å². The van der Waals surface area contributed by atoms with Crippen LogP contribution < -0.4 is 0 Å². The number of hydrogen-bond acceptors (Lipinski definition) is 5. The van der Waals surface area contributed by atoms with Crippen molar-refractivity contribution in [3.05, 3.63) is 93.9 Å². The number of likely N-dealkylation sites (tertiary alicyclic amines) is 1. The predicted octanol–water partition coefficient (Wildman–Crippen LogP) is 6.40. The second-order valence-electron chi connectivity index (χ2n) is 8.27. The van der Waals surface area contributed by atoms with Gasteiger partial charge in [0.05, 0.1) is 10.5 Å². The summed E-state index contributed by atoms with van der Waals surface area (Å²) in [6.07, 6.45) is -3.06. The number of halogens is 3. The Kier molecular flexibility index (Phi) is 5.50. The van der Waals surface area contributed by atoms with Gasteiger partial charge in [-0.3, -0.25) is 14.9 Å². The normalized spacial score (nSPS) is 16.1. The third-order valence-electron chi connectivity index (χ3n) is 6.05. The van der Waals surface area contributed by atoms with Gasteiger partial charge < -0.3 is 9.32 Å². The molecular formula is C25H18F3N3O4. The molecule has 10 heteroatoms. The van der Waals surface area contributed by atoms with Crippen LogP contribution in [0.3, 0.4) is 0 Å². The van der Waals surface area contributed by atoms with Crippen LogP contribution in [0.4, 0.5) is 18.9 Å². The van der Waals surface area contributed by atoms with Crippen molar-refractivity contribution in [1.82, 2.24) is 9.88 Å². The molecular weight excluding hydrogens is 463 g/mol. The Morgan fingerprint density at radius 2 is 1.80 bits per heavy atom. The van der Waals surface area contributed by atoms with Crippen molar-refractivity contribution in [3.8, 4) is 11.1 Å². The third-order valence-corrected chi connectivity index (χ3v) is 6.05. The molecule has 0 spiro atoms. The molecule has 1 amide bonds. The Morgan fingerprint density at radius 1 is 1.06 bits per heavy atom. The minimum atomic E-state index is -4.40. The second kappa shape index (κ2) is 8.53. The van der Waals surface area contributed by atoms with Gasteiger partial charge in [0.15, 0.2) is 5.58 Å². The number of alkyl halides is 3. The first-order valence-corrected chi connectivity index (χ1v) is 10.8. The van der Waals surface area contributed by atoms with E-state index in [4.69, 9.17) is 4.42 Å². The summed E-state index contributed by atoms with van der Waals surface area (Å²) in [6, 6.07) is 15.2. The summed E-state index contributed by atoms with van der Waals surface area (Å²) in [6.45, 7) is 0.460. The van der Waals surface area contributed by atoms with Gasteiger partial charge in [0, 0.05) is 24.2 Å². The summed E-state index contributed by atoms with van der Waals surface area (Å²) in [7, 11) is 0. The van der Waals surface area contributed by atoms with Crippen LogP contribution >= 0.6 is 0 Å². The molecule has 1 fully saturated rings. The molecule has 0 aliphatic carbocycles. The van der Waals surface area contributed by atoms with Crippen molar-refractivity contribution >= 4 is 22.7 Å². The monoisotopic (exact) mass is 481 g/mol. The average molecular weight is 481 g/mol. The van der Waals surface area contributed by atoms with E-state index < -0.39 is 22.7 Å². The first kappa shape index (κ1) is 22.6. The molecule has 1 atom stereocenters. The summed E-state index contributed by atoms with van der Waals surface area (Å²) in [4.78, 5) is 29.8. The molecule has 0 radical (unpaired) electrons. The van der Waals surface area contributed by atoms with Gasteiger partial charge in [-0.2, -0.15) is 13.2 Å². The third kappa shape index (κ3) is 4.34. The molecule has 35 heavy (non-hydrogen) atoms. The molecule has 0 saturated carbocycles. The number of hydrogen-bond donors (Lipinski definition) is 0. The number of oxazole rings is 1. The molecule has 1 aliphatic heterocycles. The standard InChI is InChI=1S/C25H18F3N3O4/c26-25(27,28)18-9-6-15(7-10-18)16-8-11-22-20(14-16)29-23(35-22)21-5-2-12-30(21)24(32)17-3-1-4-19(13-17)31(33)34/h1,3-4,6-11,13-14,21H,2,5,12H2. The van der Waals surface area contributed by atoms with Crippen LogP contribution in [0.15, 0.2) is 71.1 Å². The highest BCUT2D eigenvalue weighted by molar-refractivity contribution is 5.95. The first-order chi connectivity index (χ1) is 16.7. The number of carbonyl (C=O) groups is 1. The predicted molar refractivity (Wildman–Crippen MR) is 121 cm³/mol. The van der Waals surface area contributed by atoms with Crippen LogP contribution in [0.2, 0.25) is 0 Å². The van der Waals surface area contributed by atoms with E-state index in [0.29, 0.717) is 41.1 Å². The molecule has 3 aromatic carbocycles. The summed E-state index contributed by atoms with van der Waals surface area (Å²) in [5.74, 6) is 0.00440. The van der Waals surface area contributed by atoms with Crippen LogP contribution in [0.5, 0.6) is 0 Å². The molecule has 1 aliphatic rings. The Balaban J connectivity index is 1.42. The molecule has 0 bridgehead atoms. The highest BCUT2D eigenvalue weighted by Gasteiger charge is 2.34. The highest BCUT2D eigenvalue weighted by atomic mass is 19.4. The number of aromatic nitrogens is 1. The zero-order chi connectivity index (χ0) is 24.7. The zero-order valence-corrected chi connectivity index (χ0v) is 18.2. The molecule has 1 saturated heterocycles. The summed E-state index contributed by atoms with van der Waals surface area (Å²) in [5, 5.41) is 11.1. The van der Waals surface area contributed by atoms with E-state index >= 15 is 0 Å². The van der Waals surface area contributed by atoms with Crippen LogP contribution in [0.1, 0.15) is 40.7 Å². The second-order valence-corrected chi connectivity index (χ2v) is 8.27. The molecule has 1 unspecified atom stereocenters. The zero-order valence-electron chi connectivity index (χ0n) is 18.2. The Labute approximate surface area is 196 Å². The Hall–Kier alpha value is -4.21. The molecule has 0 N–H and O–H groups in total. The van der Waals surface area contributed by atoms with Gasteiger partial charge in [-0.15, -0.1) is 0 Å². The van der Waals surface area contributed by atoms with E-state index in [9.17, 15) is 28.1 Å². The fourth-order valence-electron chi connectivity index (χ4n) is 4.30.